The largest absolute Gasteiger partial charge is 0.349 e. The second kappa shape index (κ2) is 7.44. The summed E-state index contributed by atoms with van der Waals surface area (Å²) in [7, 11) is 0. The molecule has 1 saturated carbocycles. The molecule has 21 heavy (non-hydrogen) atoms. The van der Waals surface area contributed by atoms with Gasteiger partial charge < -0.3 is 5.32 Å². The van der Waals surface area contributed by atoms with Gasteiger partial charge in [0, 0.05) is 10.9 Å². The van der Waals surface area contributed by atoms with Crippen LogP contribution in [0, 0.1) is 5.92 Å². The highest BCUT2D eigenvalue weighted by Crippen LogP contribution is 2.34. The Morgan fingerprint density at radius 1 is 1.33 bits per heavy atom. The second-order valence-corrected chi connectivity index (χ2v) is 7.02. The van der Waals surface area contributed by atoms with Crippen LogP contribution in [0.15, 0.2) is 30.3 Å². The molecule has 1 aliphatic carbocycles. The standard InChI is InChI=1S/C18H26BrNO/c1-3-16(15-7-5-4-6-8-15)17(21)20-18(13-19)11-9-14(2)10-12-18/h4-8,14,16H,3,9-13H2,1-2H3,(H,20,21). The molecule has 0 aromatic heterocycles. The highest BCUT2D eigenvalue weighted by molar-refractivity contribution is 9.09. The summed E-state index contributed by atoms with van der Waals surface area (Å²) in [6.45, 7) is 4.39. The number of hydrogen-bond acceptors (Lipinski definition) is 1. The lowest BCUT2D eigenvalue weighted by Crippen LogP contribution is -2.53. The van der Waals surface area contributed by atoms with E-state index >= 15 is 0 Å². The summed E-state index contributed by atoms with van der Waals surface area (Å²) < 4.78 is 0. The van der Waals surface area contributed by atoms with Crippen LogP contribution in [0.3, 0.4) is 0 Å². The molecule has 1 amide bonds. The number of benzene rings is 1. The van der Waals surface area contributed by atoms with E-state index in [2.05, 4.69) is 47.2 Å². The Kier molecular flexibility index (Phi) is 5.86. The second-order valence-electron chi connectivity index (χ2n) is 6.46. The zero-order valence-corrected chi connectivity index (χ0v) is 14.7. The van der Waals surface area contributed by atoms with Gasteiger partial charge in [-0.25, -0.2) is 0 Å². The normalized spacial score (nSPS) is 27.1. The third-order valence-corrected chi connectivity index (χ3v) is 5.88. The first-order valence-corrected chi connectivity index (χ1v) is 9.15. The molecule has 0 spiro atoms. The van der Waals surface area contributed by atoms with Crippen molar-refractivity contribution in [2.45, 2.75) is 57.4 Å². The van der Waals surface area contributed by atoms with Crippen LogP contribution < -0.4 is 5.32 Å². The third kappa shape index (κ3) is 4.09. The van der Waals surface area contributed by atoms with E-state index in [-0.39, 0.29) is 17.4 Å². The van der Waals surface area contributed by atoms with Crippen LogP contribution in [-0.2, 0) is 4.79 Å². The fourth-order valence-corrected chi connectivity index (χ4v) is 3.91. The van der Waals surface area contributed by atoms with Crippen molar-refractivity contribution in [2.24, 2.45) is 5.92 Å². The summed E-state index contributed by atoms with van der Waals surface area (Å²) in [6.07, 6.45) is 5.40. The molecule has 1 fully saturated rings. The molecule has 116 valence electrons. The lowest BCUT2D eigenvalue weighted by molar-refractivity contribution is -0.124. The Hall–Kier alpha value is -0.830. The van der Waals surface area contributed by atoms with Crippen LogP contribution in [-0.4, -0.2) is 16.8 Å². The van der Waals surface area contributed by atoms with Crippen molar-refractivity contribution in [3.8, 4) is 0 Å². The first kappa shape index (κ1) is 16.5. The van der Waals surface area contributed by atoms with E-state index < -0.39 is 0 Å². The Labute approximate surface area is 136 Å². The summed E-state index contributed by atoms with van der Waals surface area (Å²) in [5.41, 5.74) is 1.07. The van der Waals surface area contributed by atoms with E-state index in [1.807, 2.05) is 18.2 Å². The van der Waals surface area contributed by atoms with E-state index in [4.69, 9.17) is 0 Å². The quantitative estimate of drug-likeness (QED) is 0.769. The zero-order chi connectivity index (χ0) is 15.3. The molecule has 1 unspecified atom stereocenters. The van der Waals surface area contributed by atoms with Crippen LogP contribution in [0.25, 0.3) is 0 Å². The van der Waals surface area contributed by atoms with Gasteiger partial charge >= 0.3 is 0 Å². The summed E-state index contributed by atoms with van der Waals surface area (Å²) in [6, 6.07) is 10.1. The summed E-state index contributed by atoms with van der Waals surface area (Å²) in [4.78, 5) is 12.8. The molecule has 0 heterocycles. The van der Waals surface area contributed by atoms with E-state index in [0.29, 0.717) is 0 Å². The number of rotatable bonds is 5. The van der Waals surface area contributed by atoms with Crippen molar-refractivity contribution >= 4 is 21.8 Å². The average Bonchev–Trinajstić information content (AvgIpc) is 2.52. The summed E-state index contributed by atoms with van der Waals surface area (Å²) in [5.74, 6) is 0.921. The van der Waals surface area contributed by atoms with Crippen LogP contribution in [0.2, 0.25) is 0 Å². The minimum absolute atomic E-state index is 0.0403. The minimum atomic E-state index is -0.0498. The van der Waals surface area contributed by atoms with E-state index in [1.54, 1.807) is 0 Å². The maximum absolute atomic E-state index is 12.8. The molecule has 1 aromatic rings. The number of nitrogens with one attached hydrogen (secondary N) is 1. The van der Waals surface area contributed by atoms with Gasteiger partial charge in [0.25, 0.3) is 0 Å². The van der Waals surface area contributed by atoms with E-state index in [9.17, 15) is 4.79 Å². The summed E-state index contributed by atoms with van der Waals surface area (Å²) in [5, 5.41) is 4.22. The van der Waals surface area contributed by atoms with Crippen molar-refractivity contribution in [3.05, 3.63) is 35.9 Å². The first-order chi connectivity index (χ1) is 10.1. The predicted molar refractivity (Wildman–Crippen MR) is 91.8 cm³/mol. The fourth-order valence-electron chi connectivity index (χ4n) is 3.21. The maximum Gasteiger partial charge on any atom is 0.227 e. The van der Waals surface area contributed by atoms with Crippen LogP contribution >= 0.6 is 15.9 Å². The van der Waals surface area contributed by atoms with Gasteiger partial charge in [-0.1, -0.05) is 60.1 Å². The number of carbonyl (C=O) groups excluding carboxylic acids is 1. The number of amides is 1. The van der Waals surface area contributed by atoms with Crippen LogP contribution in [0.1, 0.15) is 57.4 Å². The van der Waals surface area contributed by atoms with Gasteiger partial charge in [-0.3, -0.25) is 4.79 Å². The van der Waals surface area contributed by atoms with E-state index in [0.717, 1.165) is 36.1 Å². The van der Waals surface area contributed by atoms with Gasteiger partial charge in [0.05, 0.1) is 5.92 Å². The highest BCUT2D eigenvalue weighted by atomic mass is 79.9. The van der Waals surface area contributed by atoms with Crippen LogP contribution in [0.5, 0.6) is 0 Å². The number of alkyl halides is 1. The minimum Gasteiger partial charge on any atom is -0.349 e. The molecule has 3 heteroatoms. The smallest absolute Gasteiger partial charge is 0.227 e. The highest BCUT2D eigenvalue weighted by Gasteiger charge is 2.36. The maximum atomic E-state index is 12.8. The fraction of sp³-hybridized carbons (Fsp3) is 0.611. The topological polar surface area (TPSA) is 29.1 Å². The number of halogens is 1. The Morgan fingerprint density at radius 2 is 1.95 bits per heavy atom. The van der Waals surface area contributed by atoms with Crippen molar-refractivity contribution in [2.75, 3.05) is 5.33 Å². The molecule has 0 aliphatic heterocycles. The van der Waals surface area contributed by atoms with Gasteiger partial charge in [0.2, 0.25) is 5.91 Å². The van der Waals surface area contributed by atoms with Crippen molar-refractivity contribution in [1.82, 2.24) is 5.32 Å². The molecular weight excluding hydrogens is 326 g/mol. The number of hydrogen-bond donors (Lipinski definition) is 1. The zero-order valence-electron chi connectivity index (χ0n) is 13.1. The Bertz CT molecular complexity index is 452. The van der Waals surface area contributed by atoms with Crippen molar-refractivity contribution in [1.29, 1.82) is 0 Å². The molecule has 1 atom stereocenters. The SMILES string of the molecule is CCC(C(=O)NC1(CBr)CCC(C)CC1)c1ccccc1. The molecule has 1 aromatic carbocycles. The molecule has 0 radical (unpaired) electrons. The van der Waals surface area contributed by atoms with Gasteiger partial charge in [0.15, 0.2) is 0 Å². The Balaban J connectivity index is 2.08. The van der Waals surface area contributed by atoms with Gasteiger partial charge in [-0.15, -0.1) is 0 Å². The average molecular weight is 352 g/mol. The summed E-state index contributed by atoms with van der Waals surface area (Å²) >= 11 is 3.63. The lowest BCUT2D eigenvalue weighted by Gasteiger charge is -2.39. The third-order valence-electron chi connectivity index (χ3n) is 4.80. The van der Waals surface area contributed by atoms with Crippen molar-refractivity contribution < 1.29 is 4.79 Å². The van der Waals surface area contributed by atoms with E-state index in [1.165, 1.54) is 12.8 Å². The molecule has 1 N–H and O–H groups in total. The number of carbonyl (C=O) groups is 1. The predicted octanol–water partition coefficient (Wildman–Crippen LogP) is 4.64. The lowest BCUT2D eigenvalue weighted by atomic mass is 9.78. The molecule has 2 nitrogen and oxygen atoms in total. The monoisotopic (exact) mass is 351 g/mol. The van der Waals surface area contributed by atoms with Gasteiger partial charge in [0.1, 0.15) is 0 Å². The molecule has 0 bridgehead atoms. The Morgan fingerprint density at radius 3 is 2.48 bits per heavy atom. The van der Waals surface area contributed by atoms with Gasteiger partial charge in [-0.2, -0.15) is 0 Å². The molecular formula is C18H26BrNO. The molecule has 0 saturated heterocycles. The first-order valence-electron chi connectivity index (χ1n) is 8.03. The molecule has 2 rings (SSSR count). The van der Waals surface area contributed by atoms with Crippen LogP contribution in [0.4, 0.5) is 0 Å². The van der Waals surface area contributed by atoms with Gasteiger partial charge in [-0.05, 0) is 43.6 Å². The molecule has 1 aliphatic rings. The van der Waals surface area contributed by atoms with Crippen molar-refractivity contribution in [3.63, 3.8) is 0 Å².